The van der Waals surface area contributed by atoms with Crippen molar-refractivity contribution in [2.75, 3.05) is 20.3 Å². The molecule has 0 aromatic heterocycles. The molecule has 6 heteroatoms. The molecule has 3 atom stereocenters. The minimum absolute atomic E-state index is 0.144. The van der Waals surface area contributed by atoms with Crippen molar-refractivity contribution in [3.8, 4) is 0 Å². The molecule has 3 N–H and O–H groups in total. The quantitative estimate of drug-likeness (QED) is 0.706. The number of ether oxygens (including phenoxy) is 1. The van der Waals surface area contributed by atoms with Crippen molar-refractivity contribution < 1.29 is 19.4 Å². The molecule has 0 spiro atoms. The summed E-state index contributed by atoms with van der Waals surface area (Å²) < 4.78 is 5.13. The number of hydrogen-bond donors (Lipinski definition) is 2. The lowest BCUT2D eigenvalue weighted by molar-refractivity contribution is -0.145. The van der Waals surface area contributed by atoms with Gasteiger partial charge in [0.1, 0.15) is 5.92 Å². The van der Waals surface area contributed by atoms with Crippen LogP contribution >= 0.6 is 0 Å². The van der Waals surface area contributed by atoms with Gasteiger partial charge >= 0.3 is 5.97 Å². The number of nitrogens with zero attached hydrogens (tertiary/aromatic N) is 1. The Morgan fingerprint density at radius 3 is 2.59 bits per heavy atom. The Morgan fingerprint density at radius 2 is 2.12 bits per heavy atom. The molecule has 0 aliphatic carbocycles. The highest BCUT2D eigenvalue weighted by atomic mass is 16.5. The summed E-state index contributed by atoms with van der Waals surface area (Å²) in [5, 5.41) is 9.03. The fourth-order valence-corrected chi connectivity index (χ4v) is 1.87. The Kier molecular flexibility index (Phi) is 4.11. The van der Waals surface area contributed by atoms with Crippen LogP contribution in [-0.4, -0.2) is 53.7 Å². The monoisotopic (exact) mass is 244 g/mol. The molecule has 17 heavy (non-hydrogen) atoms. The maximum atomic E-state index is 12.1. The van der Waals surface area contributed by atoms with Gasteiger partial charge in [-0.15, -0.1) is 0 Å². The van der Waals surface area contributed by atoms with Crippen LogP contribution < -0.4 is 5.73 Å². The molecule has 0 saturated carbocycles. The molecule has 1 rings (SSSR count). The maximum absolute atomic E-state index is 12.1. The van der Waals surface area contributed by atoms with Gasteiger partial charge in [0, 0.05) is 7.05 Å². The molecule has 0 radical (unpaired) electrons. The first-order valence-corrected chi connectivity index (χ1v) is 5.68. The number of carbonyl (C=O) groups excluding carboxylic acids is 1. The molecule has 1 aliphatic rings. The van der Waals surface area contributed by atoms with E-state index in [1.165, 1.54) is 4.90 Å². The fraction of sp³-hybridized carbons (Fsp3) is 0.818. The number of carbonyl (C=O) groups is 2. The van der Waals surface area contributed by atoms with Crippen molar-refractivity contribution in [2.45, 2.75) is 31.8 Å². The second kappa shape index (κ2) is 5.01. The molecular weight excluding hydrogens is 224 g/mol. The van der Waals surface area contributed by atoms with E-state index < -0.39 is 23.5 Å². The zero-order chi connectivity index (χ0) is 13.2. The predicted octanol–water partition coefficient (Wildman–Crippen LogP) is -0.328. The lowest BCUT2D eigenvalue weighted by Crippen LogP contribution is -2.56. The fourth-order valence-electron chi connectivity index (χ4n) is 1.87. The number of amides is 1. The van der Waals surface area contributed by atoms with E-state index in [4.69, 9.17) is 15.6 Å². The van der Waals surface area contributed by atoms with E-state index in [-0.39, 0.29) is 19.1 Å². The largest absolute Gasteiger partial charge is 0.481 e. The molecule has 1 heterocycles. The summed E-state index contributed by atoms with van der Waals surface area (Å²) in [7, 11) is 1.58. The van der Waals surface area contributed by atoms with Gasteiger partial charge < -0.3 is 20.5 Å². The average molecular weight is 244 g/mol. The van der Waals surface area contributed by atoms with Crippen LogP contribution in [0.5, 0.6) is 0 Å². The van der Waals surface area contributed by atoms with E-state index in [0.717, 1.165) is 0 Å². The molecule has 1 amide bonds. The van der Waals surface area contributed by atoms with Crippen LogP contribution in [0.25, 0.3) is 0 Å². The van der Waals surface area contributed by atoms with Crippen molar-refractivity contribution in [1.29, 1.82) is 0 Å². The highest BCUT2D eigenvalue weighted by Crippen LogP contribution is 2.21. The smallest absolute Gasteiger partial charge is 0.311 e. The Balaban J connectivity index is 2.79. The van der Waals surface area contributed by atoms with Crippen molar-refractivity contribution in [1.82, 2.24) is 4.90 Å². The van der Waals surface area contributed by atoms with Gasteiger partial charge in [-0.2, -0.15) is 0 Å². The average Bonchev–Trinajstić information content (AvgIpc) is 2.75. The van der Waals surface area contributed by atoms with Gasteiger partial charge in [0.2, 0.25) is 5.91 Å². The number of aliphatic carboxylic acids is 1. The van der Waals surface area contributed by atoms with E-state index in [1.54, 1.807) is 14.0 Å². The van der Waals surface area contributed by atoms with Crippen molar-refractivity contribution in [2.24, 2.45) is 11.7 Å². The van der Waals surface area contributed by atoms with E-state index in [0.29, 0.717) is 6.42 Å². The van der Waals surface area contributed by atoms with Gasteiger partial charge in [0.05, 0.1) is 24.8 Å². The molecule has 1 fully saturated rings. The Bertz CT molecular complexity index is 317. The number of hydrogen-bond acceptors (Lipinski definition) is 4. The first kappa shape index (κ1) is 13.9. The first-order chi connectivity index (χ1) is 7.81. The first-order valence-electron chi connectivity index (χ1n) is 5.68. The van der Waals surface area contributed by atoms with Gasteiger partial charge in [-0.05, 0) is 13.3 Å². The summed E-state index contributed by atoms with van der Waals surface area (Å²) in [5.41, 5.74) is 4.91. The van der Waals surface area contributed by atoms with E-state index in [9.17, 15) is 9.59 Å². The molecule has 3 unspecified atom stereocenters. The van der Waals surface area contributed by atoms with Crippen LogP contribution in [0.4, 0.5) is 0 Å². The highest BCUT2D eigenvalue weighted by Gasteiger charge is 2.41. The van der Waals surface area contributed by atoms with Crippen molar-refractivity contribution in [3.05, 3.63) is 0 Å². The lowest BCUT2D eigenvalue weighted by atomic mass is 9.95. The van der Waals surface area contributed by atoms with Crippen LogP contribution in [0, 0.1) is 5.92 Å². The summed E-state index contributed by atoms with van der Waals surface area (Å²) in [6, 6.07) is -0.436. The maximum Gasteiger partial charge on any atom is 0.311 e. The van der Waals surface area contributed by atoms with Crippen LogP contribution in [0.2, 0.25) is 0 Å². The standard InChI is InChI=1S/C11H20N2O4/c1-4-11(2,12)10(16)13(3)8-6-17-5-7(8)9(14)15/h7-8H,4-6,12H2,1-3H3,(H,14,15). The van der Waals surface area contributed by atoms with E-state index in [1.807, 2.05) is 6.92 Å². The number of rotatable bonds is 4. The van der Waals surface area contributed by atoms with E-state index in [2.05, 4.69) is 0 Å². The number of likely N-dealkylation sites (N-methyl/N-ethyl adjacent to an activating group) is 1. The molecule has 98 valence electrons. The highest BCUT2D eigenvalue weighted by molar-refractivity contribution is 5.86. The molecule has 6 nitrogen and oxygen atoms in total. The van der Waals surface area contributed by atoms with Gasteiger partial charge in [-0.1, -0.05) is 6.92 Å². The second-order valence-corrected chi connectivity index (χ2v) is 4.74. The van der Waals surface area contributed by atoms with Crippen molar-refractivity contribution >= 4 is 11.9 Å². The van der Waals surface area contributed by atoms with E-state index >= 15 is 0 Å². The molecule has 1 aliphatic heterocycles. The second-order valence-electron chi connectivity index (χ2n) is 4.74. The minimum atomic E-state index is -0.958. The summed E-state index contributed by atoms with van der Waals surface area (Å²) in [5.74, 6) is -1.86. The zero-order valence-electron chi connectivity index (χ0n) is 10.5. The Hall–Kier alpha value is -1.14. The van der Waals surface area contributed by atoms with Crippen LogP contribution in [-0.2, 0) is 14.3 Å². The Labute approximate surface area is 101 Å². The third kappa shape index (κ3) is 2.76. The zero-order valence-corrected chi connectivity index (χ0v) is 10.5. The SMILES string of the molecule is CCC(C)(N)C(=O)N(C)C1COCC1C(=O)O. The van der Waals surface area contributed by atoms with Gasteiger partial charge in [0.25, 0.3) is 0 Å². The van der Waals surface area contributed by atoms with Crippen LogP contribution in [0.15, 0.2) is 0 Å². The predicted molar refractivity (Wildman–Crippen MR) is 61.4 cm³/mol. The molecule has 1 saturated heterocycles. The summed E-state index contributed by atoms with van der Waals surface area (Å²) >= 11 is 0. The topological polar surface area (TPSA) is 92.9 Å². The third-order valence-corrected chi connectivity index (χ3v) is 3.41. The van der Waals surface area contributed by atoms with Crippen molar-refractivity contribution in [3.63, 3.8) is 0 Å². The number of carboxylic acids is 1. The molecular formula is C11H20N2O4. The molecule has 0 bridgehead atoms. The number of nitrogens with two attached hydrogens (primary N) is 1. The van der Waals surface area contributed by atoms with Gasteiger partial charge in [0.15, 0.2) is 0 Å². The third-order valence-electron chi connectivity index (χ3n) is 3.41. The normalized spacial score (nSPS) is 27.5. The van der Waals surface area contributed by atoms with Gasteiger partial charge in [-0.3, -0.25) is 9.59 Å². The Morgan fingerprint density at radius 1 is 1.53 bits per heavy atom. The van der Waals surface area contributed by atoms with Crippen LogP contribution in [0.3, 0.4) is 0 Å². The van der Waals surface area contributed by atoms with Crippen LogP contribution in [0.1, 0.15) is 20.3 Å². The minimum Gasteiger partial charge on any atom is -0.481 e. The lowest BCUT2D eigenvalue weighted by Gasteiger charge is -2.33. The summed E-state index contributed by atoms with van der Waals surface area (Å²) in [4.78, 5) is 24.5. The van der Waals surface area contributed by atoms with Gasteiger partial charge in [-0.25, -0.2) is 0 Å². The molecule has 0 aromatic carbocycles. The number of carboxylic acid groups (broad SMARTS) is 1. The summed E-state index contributed by atoms with van der Waals surface area (Å²) in [6.45, 7) is 3.87. The summed E-state index contributed by atoms with van der Waals surface area (Å²) in [6.07, 6.45) is 0.501. The molecule has 0 aromatic rings.